The van der Waals surface area contributed by atoms with Gasteiger partial charge in [-0.25, -0.2) is 23.2 Å². The number of nitrogen functional groups attached to an aromatic ring is 2. The zero-order valence-electron chi connectivity index (χ0n) is 29.6. The predicted molar refractivity (Wildman–Crippen MR) is 186 cm³/mol. The Morgan fingerprint density at radius 2 is 1.54 bits per heavy atom. The van der Waals surface area contributed by atoms with Crippen molar-refractivity contribution in [2.75, 3.05) is 58.0 Å². The van der Waals surface area contributed by atoms with Crippen molar-refractivity contribution < 1.29 is 80.1 Å². The molecule has 4 aromatic heterocycles. The number of anilines is 2. The summed E-state index contributed by atoms with van der Waals surface area (Å²) in [6.07, 6.45) is -7.27. The van der Waals surface area contributed by atoms with Crippen LogP contribution in [0.4, 0.5) is 11.9 Å². The van der Waals surface area contributed by atoms with E-state index >= 15 is 0 Å². The third kappa shape index (κ3) is 10.2. The molecule has 57 heavy (non-hydrogen) atoms. The molecule has 2 aliphatic rings. The summed E-state index contributed by atoms with van der Waals surface area (Å²) in [5.41, 5.74) is 10.3. The molecule has 316 valence electrons. The number of H-pyrrole nitrogens is 2. The van der Waals surface area contributed by atoms with E-state index < -0.39 is 104 Å². The number of aliphatic hydroxyl groups excluding tert-OH is 2. The number of aromatic amines is 2. The number of aryl methyl sites for hydroxylation is 1. The Morgan fingerprint density at radius 1 is 0.912 bits per heavy atom. The van der Waals surface area contributed by atoms with Crippen molar-refractivity contribution >= 4 is 57.7 Å². The molecule has 12 N–H and O–H groups in total. The Morgan fingerprint density at radius 3 is 2.21 bits per heavy atom. The van der Waals surface area contributed by atoms with Crippen molar-refractivity contribution in [3.05, 3.63) is 33.4 Å². The topological polar surface area (TPSA) is 411 Å². The van der Waals surface area contributed by atoms with Crippen LogP contribution >= 0.6 is 23.5 Å². The van der Waals surface area contributed by atoms with Crippen molar-refractivity contribution in [2.24, 2.45) is 7.05 Å². The number of phosphoric acid groups is 3. The number of aliphatic hydroxyl groups is 2. The van der Waals surface area contributed by atoms with Crippen LogP contribution in [0.2, 0.25) is 0 Å². The SMILES string of the molecule is CN1C[C@@H](COP(=O)(O)OCC(COP(=O)(O)OC[C@H]2O[C@@H](n3cnc4c(=O)[nH]c(N)nc43)[C@H](O)[C@@H]2O)OP(=O)(O)O)O[C@@H]([n+]2cn(C)c3c(=O)[nH]c(N)nc32)C1. The summed E-state index contributed by atoms with van der Waals surface area (Å²) >= 11 is 0. The van der Waals surface area contributed by atoms with Crippen LogP contribution in [0.3, 0.4) is 0 Å². The highest BCUT2D eigenvalue weighted by Gasteiger charge is 2.46. The van der Waals surface area contributed by atoms with Gasteiger partial charge in [-0.05, 0) is 7.05 Å². The molecular formula is C25H39N11O18P3+. The number of morpholine rings is 1. The molecule has 4 aromatic rings. The number of rotatable bonds is 16. The highest BCUT2D eigenvalue weighted by molar-refractivity contribution is 7.47. The van der Waals surface area contributed by atoms with Crippen LogP contribution in [0.25, 0.3) is 22.3 Å². The van der Waals surface area contributed by atoms with E-state index in [1.54, 1.807) is 25.0 Å². The first-order valence-corrected chi connectivity index (χ1v) is 20.9. The molecule has 9 atom stereocenters. The fraction of sp³-hybridized carbons (Fsp3) is 0.600. The summed E-state index contributed by atoms with van der Waals surface area (Å²) in [6, 6.07) is 0. The van der Waals surface area contributed by atoms with Crippen molar-refractivity contribution in [3.63, 3.8) is 0 Å². The molecule has 3 unspecified atom stereocenters. The molecule has 0 radical (unpaired) electrons. The summed E-state index contributed by atoms with van der Waals surface area (Å²) in [7, 11) is -12.2. The molecule has 0 spiro atoms. The second-order valence-electron chi connectivity index (χ2n) is 12.9. The minimum Gasteiger partial charge on any atom is -0.387 e. The van der Waals surface area contributed by atoms with E-state index in [2.05, 4.69) is 29.4 Å². The van der Waals surface area contributed by atoms with E-state index in [-0.39, 0.29) is 40.8 Å². The van der Waals surface area contributed by atoms with Gasteiger partial charge in [0, 0.05) is 6.54 Å². The minimum atomic E-state index is -5.36. The number of hydrogen-bond acceptors (Lipinski definition) is 20. The first-order chi connectivity index (χ1) is 26.6. The molecule has 2 aliphatic heterocycles. The van der Waals surface area contributed by atoms with Gasteiger partial charge in [0.25, 0.3) is 17.1 Å². The lowest BCUT2D eigenvalue weighted by molar-refractivity contribution is -0.747. The monoisotopic (exact) mass is 874 g/mol. The third-order valence-corrected chi connectivity index (χ3v) is 10.9. The standard InChI is InChI=1S/C25H38N11O18P3/c1-33-3-11(52-14(4-33)36-10-34(2)16-20(36)30-25(27)32-22(16)40)5-48-56(44,45)49-6-12(54-55(41,42)43)7-50-57(46,47)51-8-13-17(37)18(38)23(53-13)35-9-28-15-19(35)29-24(26)31-21(15)39/h9-14,17-18,23,37-38H,3-8H2,1-2H3,(H9-,26,27,29,30,31,32,39,40,41,42,43,44,45,46,47)/p+1/t11-,12?,13+,14+,17+,18+,23+/m0/s1. The maximum absolute atomic E-state index is 12.8. The number of hydrogen-bond donors (Lipinski definition) is 10. The van der Waals surface area contributed by atoms with Gasteiger partial charge in [0.05, 0.1) is 52.5 Å². The Kier molecular flexibility index (Phi) is 12.5. The number of ether oxygens (including phenoxy) is 2. The van der Waals surface area contributed by atoms with Gasteiger partial charge in [0.1, 0.15) is 24.4 Å². The summed E-state index contributed by atoms with van der Waals surface area (Å²) in [4.78, 5) is 82.4. The Bertz CT molecular complexity index is 2370. The molecule has 29 nitrogen and oxygen atoms in total. The number of likely N-dealkylation sites (N-methyl/N-ethyl adjacent to an activating group) is 1. The van der Waals surface area contributed by atoms with Crippen LogP contribution < -0.4 is 27.2 Å². The molecule has 2 saturated heterocycles. The fourth-order valence-corrected chi connectivity index (χ4v) is 8.08. The number of imidazole rings is 2. The number of aromatic nitrogens is 8. The second-order valence-corrected chi connectivity index (χ2v) is 16.9. The van der Waals surface area contributed by atoms with Gasteiger partial charge in [0.15, 0.2) is 29.9 Å². The van der Waals surface area contributed by atoms with Gasteiger partial charge in [-0.1, -0.05) is 4.98 Å². The highest BCUT2D eigenvalue weighted by Crippen LogP contribution is 2.48. The average Bonchev–Trinajstić information content (AvgIpc) is 3.76. The third-order valence-electron chi connectivity index (χ3n) is 8.45. The lowest BCUT2D eigenvalue weighted by Gasteiger charge is -2.34. The fourth-order valence-electron chi connectivity index (χ4n) is 6.03. The summed E-state index contributed by atoms with van der Waals surface area (Å²) < 4.78 is 76.9. The van der Waals surface area contributed by atoms with Crippen LogP contribution in [-0.4, -0.2) is 146 Å². The minimum absolute atomic E-state index is 0.107. The van der Waals surface area contributed by atoms with Gasteiger partial charge < -0.3 is 50.7 Å². The number of fused-ring (bicyclic) bond motifs is 2. The Hall–Kier alpha value is -3.57. The normalized spacial score (nSPS) is 26.2. The average molecular weight is 875 g/mol. The number of nitrogens with zero attached hydrogens (tertiary/aromatic N) is 7. The maximum Gasteiger partial charge on any atom is 0.472 e. The molecule has 0 saturated carbocycles. The lowest BCUT2D eigenvalue weighted by atomic mass is 10.1. The van der Waals surface area contributed by atoms with Crippen LogP contribution in [0.1, 0.15) is 12.5 Å². The Balaban J connectivity index is 1.02. The largest absolute Gasteiger partial charge is 0.472 e. The zero-order valence-corrected chi connectivity index (χ0v) is 32.3. The molecule has 6 heterocycles. The van der Waals surface area contributed by atoms with Crippen molar-refractivity contribution in [1.29, 1.82) is 0 Å². The number of phosphoric ester groups is 3. The van der Waals surface area contributed by atoms with E-state index in [0.29, 0.717) is 6.54 Å². The smallest absolute Gasteiger partial charge is 0.387 e. The second kappa shape index (κ2) is 16.6. The predicted octanol–water partition coefficient (Wildman–Crippen LogP) is -3.96. The van der Waals surface area contributed by atoms with Crippen molar-refractivity contribution in [3.8, 4) is 0 Å². The van der Waals surface area contributed by atoms with Crippen LogP contribution in [0.15, 0.2) is 22.2 Å². The van der Waals surface area contributed by atoms with E-state index in [4.69, 9.17) is 39.0 Å². The van der Waals surface area contributed by atoms with E-state index in [9.17, 15) is 53.1 Å². The summed E-state index contributed by atoms with van der Waals surface area (Å²) in [6.45, 7) is -3.22. The van der Waals surface area contributed by atoms with Gasteiger partial charge in [-0.15, -0.1) is 0 Å². The van der Waals surface area contributed by atoms with E-state index in [0.717, 1.165) is 10.9 Å². The molecule has 0 bridgehead atoms. The lowest BCUT2D eigenvalue weighted by Crippen LogP contribution is -2.54. The van der Waals surface area contributed by atoms with Crippen LogP contribution in [0.5, 0.6) is 0 Å². The Labute approximate surface area is 318 Å². The molecular weight excluding hydrogens is 835 g/mol. The van der Waals surface area contributed by atoms with Crippen LogP contribution in [0, 0.1) is 0 Å². The number of nitrogens with one attached hydrogen (secondary N) is 2. The molecule has 0 aliphatic carbocycles. The molecule has 0 amide bonds. The zero-order chi connectivity index (χ0) is 41.6. The van der Waals surface area contributed by atoms with Crippen molar-refractivity contribution in [2.45, 2.75) is 43.0 Å². The van der Waals surface area contributed by atoms with E-state index in [1.807, 2.05) is 4.90 Å². The maximum atomic E-state index is 12.8. The van der Waals surface area contributed by atoms with Crippen LogP contribution in [-0.2, 0) is 52.8 Å². The molecule has 0 aromatic carbocycles. The quantitative estimate of drug-likeness (QED) is 0.0379. The summed E-state index contributed by atoms with van der Waals surface area (Å²) in [5, 5.41) is 21.1. The van der Waals surface area contributed by atoms with Gasteiger partial charge >= 0.3 is 29.1 Å². The molecule has 6 rings (SSSR count). The highest BCUT2D eigenvalue weighted by atomic mass is 31.2. The number of nitrogens with two attached hydrogens (primary N) is 2. The molecule has 32 heteroatoms. The van der Waals surface area contributed by atoms with E-state index in [1.165, 1.54) is 4.57 Å². The summed E-state index contributed by atoms with van der Waals surface area (Å²) in [5.74, 6) is -0.407. The van der Waals surface area contributed by atoms with Crippen molar-refractivity contribution in [1.82, 2.24) is 39.0 Å². The molecule has 2 fully saturated rings. The van der Waals surface area contributed by atoms with Gasteiger partial charge in [-0.2, -0.15) is 4.98 Å². The van der Waals surface area contributed by atoms with Gasteiger partial charge in [0.2, 0.25) is 11.5 Å². The van der Waals surface area contributed by atoms with Gasteiger partial charge in [-0.3, -0.25) is 56.2 Å². The first kappa shape index (κ1) is 43.0. The first-order valence-electron chi connectivity index (χ1n) is 16.4.